The van der Waals surface area contributed by atoms with Gasteiger partial charge in [-0.05, 0) is 48.9 Å². The Labute approximate surface area is 231 Å². The van der Waals surface area contributed by atoms with Crippen molar-refractivity contribution in [2.24, 2.45) is 0 Å². The average Bonchev–Trinajstić information content (AvgIpc) is 3.68. The number of para-hydroxylation sites is 1. The van der Waals surface area contributed by atoms with Gasteiger partial charge in [0.05, 0.1) is 18.0 Å². The maximum absolute atomic E-state index is 13.1. The maximum atomic E-state index is 13.1. The molecule has 3 heterocycles. The molecule has 9 heteroatoms. The zero-order valence-corrected chi connectivity index (χ0v) is 22.0. The third-order valence-electron chi connectivity index (χ3n) is 6.40. The summed E-state index contributed by atoms with van der Waals surface area (Å²) in [7, 11) is 0. The van der Waals surface area contributed by atoms with Crippen molar-refractivity contribution in [3.63, 3.8) is 0 Å². The fourth-order valence-electron chi connectivity index (χ4n) is 4.43. The van der Waals surface area contributed by atoms with Crippen molar-refractivity contribution in [2.45, 2.75) is 19.9 Å². The third kappa shape index (κ3) is 5.40. The molecule has 1 amide bonds. The van der Waals surface area contributed by atoms with E-state index in [4.69, 9.17) is 23.8 Å². The summed E-state index contributed by atoms with van der Waals surface area (Å²) in [6.07, 6.45) is 2.84. The molecule has 0 atom stereocenters. The number of ether oxygens (including phenoxy) is 3. The monoisotopic (exact) mass is 536 g/mol. The van der Waals surface area contributed by atoms with E-state index in [9.17, 15) is 4.79 Å². The van der Waals surface area contributed by atoms with Crippen molar-refractivity contribution >= 4 is 5.91 Å². The number of rotatable bonds is 9. The highest BCUT2D eigenvalue weighted by Crippen LogP contribution is 2.34. The molecule has 1 N–H and O–H groups in total. The number of aromatic nitrogens is 3. The predicted octanol–water partition coefficient (Wildman–Crippen LogP) is 5.68. The first-order valence-electron chi connectivity index (χ1n) is 13.2. The van der Waals surface area contributed by atoms with Crippen LogP contribution in [0.1, 0.15) is 29.4 Å². The number of nitrogens with one attached hydrogen (secondary N) is 1. The fraction of sp³-hybridized carbons (Fsp3) is 0.194. The number of benzene rings is 3. The van der Waals surface area contributed by atoms with Crippen molar-refractivity contribution < 1.29 is 23.5 Å². The summed E-state index contributed by atoms with van der Waals surface area (Å²) in [6, 6.07) is 24.8. The average molecular weight is 537 g/mol. The number of hydrogen-bond donors (Lipinski definition) is 1. The highest BCUT2D eigenvalue weighted by Gasteiger charge is 2.19. The molecule has 0 saturated heterocycles. The summed E-state index contributed by atoms with van der Waals surface area (Å²) in [5, 5.41) is 11.8. The van der Waals surface area contributed by atoms with Crippen LogP contribution in [0.25, 0.3) is 28.3 Å². The summed E-state index contributed by atoms with van der Waals surface area (Å²) in [4.78, 5) is 13.1. The van der Waals surface area contributed by atoms with Gasteiger partial charge in [0.15, 0.2) is 23.0 Å². The van der Waals surface area contributed by atoms with Gasteiger partial charge in [0.2, 0.25) is 0 Å². The second-order valence-electron chi connectivity index (χ2n) is 9.28. The molecule has 2 aromatic heterocycles. The first-order chi connectivity index (χ1) is 19.7. The minimum Gasteiger partial charge on any atom is -0.494 e. The molecule has 0 bridgehead atoms. The Morgan fingerprint density at radius 1 is 0.950 bits per heavy atom. The van der Waals surface area contributed by atoms with Crippen LogP contribution >= 0.6 is 0 Å². The Morgan fingerprint density at radius 2 is 1.80 bits per heavy atom. The molecule has 1 aliphatic heterocycles. The van der Waals surface area contributed by atoms with Crippen LogP contribution in [0.15, 0.2) is 89.6 Å². The molecule has 202 valence electrons. The normalized spacial score (nSPS) is 12.2. The quantitative estimate of drug-likeness (QED) is 0.259. The summed E-state index contributed by atoms with van der Waals surface area (Å²) < 4.78 is 24.4. The van der Waals surface area contributed by atoms with Crippen molar-refractivity contribution in [3.8, 4) is 45.5 Å². The minimum atomic E-state index is -0.356. The van der Waals surface area contributed by atoms with Crippen LogP contribution in [-0.2, 0) is 6.54 Å². The molecule has 3 aromatic carbocycles. The van der Waals surface area contributed by atoms with Gasteiger partial charge in [-0.1, -0.05) is 42.4 Å². The van der Waals surface area contributed by atoms with Gasteiger partial charge in [-0.15, -0.1) is 0 Å². The molecule has 0 saturated carbocycles. The minimum absolute atomic E-state index is 0.178. The van der Waals surface area contributed by atoms with Crippen LogP contribution in [0.4, 0.5) is 0 Å². The molecule has 9 nitrogen and oxygen atoms in total. The van der Waals surface area contributed by atoms with E-state index in [2.05, 4.69) is 17.4 Å². The summed E-state index contributed by atoms with van der Waals surface area (Å²) in [5.74, 6) is 2.20. The fourth-order valence-corrected chi connectivity index (χ4v) is 4.43. The van der Waals surface area contributed by atoms with Gasteiger partial charge < -0.3 is 24.1 Å². The maximum Gasteiger partial charge on any atom is 0.273 e. The zero-order valence-electron chi connectivity index (χ0n) is 22.0. The largest absolute Gasteiger partial charge is 0.494 e. The van der Waals surface area contributed by atoms with E-state index in [1.54, 1.807) is 6.07 Å². The molecule has 0 aliphatic carbocycles. The van der Waals surface area contributed by atoms with Crippen LogP contribution in [-0.4, -0.2) is 40.7 Å². The van der Waals surface area contributed by atoms with Gasteiger partial charge in [-0.2, -0.15) is 5.10 Å². The molecule has 40 heavy (non-hydrogen) atoms. The molecule has 1 aliphatic rings. The molecule has 0 spiro atoms. The zero-order chi connectivity index (χ0) is 27.3. The van der Waals surface area contributed by atoms with Crippen LogP contribution in [0.5, 0.6) is 17.2 Å². The van der Waals surface area contributed by atoms with Crippen LogP contribution in [0, 0.1) is 0 Å². The van der Waals surface area contributed by atoms with Crippen LogP contribution in [0.2, 0.25) is 0 Å². The van der Waals surface area contributed by atoms with Gasteiger partial charge in [0.1, 0.15) is 19.0 Å². The third-order valence-corrected chi connectivity index (χ3v) is 6.40. The van der Waals surface area contributed by atoms with E-state index >= 15 is 0 Å². The standard InChI is InChI=1S/C31H28N4O5/c1-2-13-37-25-10-6-7-22(16-25)30-23(20-35(33-30)24-8-4-3-5-9-24)19-32-31(36)26-18-28(40-34-26)21-11-12-27-29(17-21)39-15-14-38-27/h3-12,16-18,20H,2,13-15,19H2,1H3,(H,32,36). The van der Waals surface area contributed by atoms with E-state index in [0.29, 0.717) is 37.1 Å². The predicted molar refractivity (Wildman–Crippen MR) is 149 cm³/mol. The van der Waals surface area contributed by atoms with Crippen LogP contribution < -0.4 is 19.5 Å². The second kappa shape index (κ2) is 11.4. The van der Waals surface area contributed by atoms with E-state index < -0.39 is 0 Å². The number of hydrogen-bond acceptors (Lipinski definition) is 7. The second-order valence-corrected chi connectivity index (χ2v) is 9.28. The van der Waals surface area contributed by atoms with E-state index in [-0.39, 0.29) is 18.1 Å². The van der Waals surface area contributed by atoms with Gasteiger partial charge in [0.25, 0.3) is 5.91 Å². The molecular weight excluding hydrogens is 508 g/mol. The Balaban J connectivity index is 1.23. The van der Waals surface area contributed by atoms with Crippen LogP contribution in [0.3, 0.4) is 0 Å². The van der Waals surface area contributed by atoms with Gasteiger partial charge >= 0.3 is 0 Å². The lowest BCUT2D eigenvalue weighted by molar-refractivity contribution is 0.0942. The van der Waals surface area contributed by atoms with Crippen molar-refractivity contribution in [2.75, 3.05) is 19.8 Å². The molecule has 5 aromatic rings. The lowest BCUT2D eigenvalue weighted by Crippen LogP contribution is -2.23. The molecule has 0 unspecified atom stereocenters. The highest BCUT2D eigenvalue weighted by molar-refractivity contribution is 5.93. The van der Waals surface area contributed by atoms with Crippen molar-refractivity contribution in [1.29, 1.82) is 0 Å². The molecule has 0 radical (unpaired) electrons. The van der Waals surface area contributed by atoms with Gasteiger partial charge in [-0.25, -0.2) is 4.68 Å². The number of carbonyl (C=O) groups is 1. The van der Waals surface area contributed by atoms with Gasteiger partial charge in [-0.3, -0.25) is 4.79 Å². The summed E-state index contributed by atoms with van der Waals surface area (Å²) in [6.45, 7) is 3.95. The van der Waals surface area contributed by atoms with Crippen molar-refractivity contribution in [1.82, 2.24) is 20.3 Å². The van der Waals surface area contributed by atoms with E-state index in [1.165, 1.54) is 0 Å². The Bertz CT molecular complexity index is 1630. The first kappa shape index (κ1) is 25.2. The first-order valence-corrected chi connectivity index (χ1v) is 13.2. The number of fused-ring (bicyclic) bond motifs is 1. The highest BCUT2D eigenvalue weighted by atomic mass is 16.6. The van der Waals surface area contributed by atoms with Gasteiger partial charge in [0, 0.05) is 35.5 Å². The molecule has 6 rings (SSSR count). The lowest BCUT2D eigenvalue weighted by Gasteiger charge is -2.18. The van der Waals surface area contributed by atoms with E-state index in [1.807, 2.05) is 83.7 Å². The Hall–Kier alpha value is -5.05. The number of nitrogens with zero attached hydrogens (tertiary/aromatic N) is 3. The summed E-state index contributed by atoms with van der Waals surface area (Å²) in [5.41, 5.74) is 4.34. The Kier molecular flexibility index (Phi) is 7.17. The number of carbonyl (C=O) groups excluding carboxylic acids is 1. The number of amides is 1. The lowest BCUT2D eigenvalue weighted by atomic mass is 10.1. The SMILES string of the molecule is CCCOc1cccc(-c2nn(-c3ccccc3)cc2CNC(=O)c2cc(-c3ccc4c(c3)OCCO4)on2)c1. The topological polar surface area (TPSA) is 101 Å². The molecular formula is C31H28N4O5. The smallest absolute Gasteiger partial charge is 0.273 e. The molecule has 0 fully saturated rings. The van der Waals surface area contributed by atoms with Crippen molar-refractivity contribution in [3.05, 3.63) is 96.3 Å². The summed E-state index contributed by atoms with van der Waals surface area (Å²) >= 11 is 0. The van der Waals surface area contributed by atoms with E-state index in [0.717, 1.165) is 40.2 Å². The Morgan fingerprint density at radius 3 is 2.65 bits per heavy atom.